The van der Waals surface area contributed by atoms with Gasteiger partial charge < -0.3 is 19.9 Å². The van der Waals surface area contributed by atoms with Gasteiger partial charge in [0.2, 0.25) is 15.9 Å². The quantitative estimate of drug-likeness (QED) is 0.411. The highest BCUT2D eigenvalue weighted by atomic mass is 32.2. The highest BCUT2D eigenvalue weighted by Crippen LogP contribution is 2.26. The van der Waals surface area contributed by atoms with Gasteiger partial charge in [-0.1, -0.05) is 30.3 Å². The monoisotopic (exact) mass is 532 g/mol. The standard InChI is InChI=1S/C25H26F2N4O5S/c1-15-10-18(8-9-19(15)26)28-24(33)23-21(27)20(13-30(23)2)37(35,36)29-22-17(14-32)12-31(25(22)34)11-16-6-4-3-5-7-16/h3-10,13,17,22,29,32H,11-12,14H2,1-2H3,(H,28,33). The van der Waals surface area contributed by atoms with Gasteiger partial charge in [-0.3, -0.25) is 9.59 Å². The van der Waals surface area contributed by atoms with E-state index < -0.39 is 62.6 Å². The van der Waals surface area contributed by atoms with Crippen LogP contribution in [0.25, 0.3) is 0 Å². The zero-order chi connectivity index (χ0) is 26.9. The lowest BCUT2D eigenvalue weighted by Crippen LogP contribution is -2.44. The molecule has 0 spiro atoms. The van der Waals surface area contributed by atoms with Gasteiger partial charge in [0.15, 0.2) is 5.82 Å². The van der Waals surface area contributed by atoms with Crippen molar-refractivity contribution < 1.29 is 31.9 Å². The van der Waals surface area contributed by atoms with Gasteiger partial charge in [-0.25, -0.2) is 17.2 Å². The Morgan fingerprint density at radius 1 is 1.16 bits per heavy atom. The van der Waals surface area contributed by atoms with E-state index in [1.54, 1.807) is 0 Å². The summed E-state index contributed by atoms with van der Waals surface area (Å²) >= 11 is 0. The second-order valence-electron chi connectivity index (χ2n) is 8.93. The van der Waals surface area contributed by atoms with Gasteiger partial charge in [0, 0.05) is 44.5 Å². The summed E-state index contributed by atoms with van der Waals surface area (Å²) in [6, 6.07) is 11.6. The van der Waals surface area contributed by atoms with Crippen molar-refractivity contribution in [3.63, 3.8) is 0 Å². The maximum Gasteiger partial charge on any atom is 0.275 e. The molecule has 9 nitrogen and oxygen atoms in total. The van der Waals surface area contributed by atoms with Gasteiger partial charge in [-0.15, -0.1) is 0 Å². The Morgan fingerprint density at radius 2 is 1.86 bits per heavy atom. The summed E-state index contributed by atoms with van der Waals surface area (Å²) < 4.78 is 58.3. The van der Waals surface area contributed by atoms with Crippen molar-refractivity contribution in [3.8, 4) is 0 Å². The first-order chi connectivity index (χ1) is 17.5. The molecule has 0 saturated carbocycles. The number of aryl methyl sites for hydroxylation is 2. The molecule has 2 heterocycles. The van der Waals surface area contributed by atoms with Gasteiger partial charge >= 0.3 is 0 Å². The van der Waals surface area contributed by atoms with Crippen molar-refractivity contribution in [3.05, 3.63) is 83.2 Å². The van der Waals surface area contributed by atoms with Crippen LogP contribution >= 0.6 is 0 Å². The Morgan fingerprint density at radius 3 is 2.51 bits per heavy atom. The third-order valence-corrected chi connectivity index (χ3v) is 7.67. The average Bonchev–Trinajstić information content (AvgIpc) is 3.32. The molecule has 0 bridgehead atoms. The summed E-state index contributed by atoms with van der Waals surface area (Å²) in [5.74, 6) is -4.02. The molecule has 2 unspecified atom stereocenters. The first kappa shape index (κ1) is 26.5. The summed E-state index contributed by atoms with van der Waals surface area (Å²) in [7, 11) is -3.30. The topological polar surface area (TPSA) is 121 Å². The Balaban J connectivity index is 1.55. The van der Waals surface area contributed by atoms with E-state index in [0.717, 1.165) is 22.4 Å². The molecule has 2 aromatic carbocycles. The van der Waals surface area contributed by atoms with Crippen LogP contribution in [-0.2, 0) is 28.4 Å². The zero-order valence-electron chi connectivity index (χ0n) is 20.1. The fourth-order valence-corrected chi connectivity index (χ4v) is 5.68. The number of aliphatic hydroxyl groups excluding tert-OH is 1. The van der Waals surface area contributed by atoms with Crippen LogP contribution < -0.4 is 10.0 Å². The number of anilines is 1. The molecule has 1 aliphatic rings. The van der Waals surface area contributed by atoms with Crippen molar-refractivity contribution in [1.29, 1.82) is 0 Å². The molecule has 1 aliphatic heterocycles. The van der Waals surface area contributed by atoms with Crippen LogP contribution in [0.1, 0.15) is 21.6 Å². The summed E-state index contributed by atoms with van der Waals surface area (Å²) in [6.45, 7) is 1.36. The minimum Gasteiger partial charge on any atom is -0.396 e. The van der Waals surface area contributed by atoms with Crippen LogP contribution in [0.2, 0.25) is 0 Å². The van der Waals surface area contributed by atoms with Crippen molar-refractivity contribution in [2.24, 2.45) is 13.0 Å². The van der Waals surface area contributed by atoms with Crippen LogP contribution in [0.3, 0.4) is 0 Å². The molecular weight excluding hydrogens is 506 g/mol. The summed E-state index contributed by atoms with van der Waals surface area (Å²) in [5.41, 5.74) is 0.730. The molecule has 4 rings (SSSR count). The number of rotatable bonds is 8. The molecule has 3 aromatic rings. The molecule has 2 amide bonds. The number of sulfonamides is 1. The number of halogens is 2. The van der Waals surface area contributed by atoms with E-state index in [1.807, 2.05) is 30.3 Å². The van der Waals surface area contributed by atoms with E-state index in [9.17, 15) is 27.5 Å². The Bertz CT molecular complexity index is 1440. The summed E-state index contributed by atoms with van der Waals surface area (Å²) in [6.07, 6.45) is 0.928. The largest absolute Gasteiger partial charge is 0.396 e. The summed E-state index contributed by atoms with van der Waals surface area (Å²) in [4.78, 5) is 26.3. The fourth-order valence-electron chi connectivity index (χ4n) is 4.29. The molecule has 2 atom stereocenters. The smallest absolute Gasteiger partial charge is 0.275 e. The molecule has 1 aromatic heterocycles. The van der Waals surface area contributed by atoms with Gasteiger partial charge in [0.1, 0.15) is 22.4 Å². The first-order valence-electron chi connectivity index (χ1n) is 11.4. The molecule has 1 fully saturated rings. The Hall–Kier alpha value is -3.61. The Kier molecular flexibility index (Phi) is 7.44. The molecular formula is C25H26F2N4O5S. The lowest BCUT2D eigenvalue weighted by Gasteiger charge is -2.17. The van der Waals surface area contributed by atoms with E-state index in [1.165, 1.54) is 31.0 Å². The number of nitrogens with one attached hydrogen (secondary N) is 2. The number of benzene rings is 2. The fraction of sp³-hybridized carbons (Fsp3) is 0.280. The molecule has 0 radical (unpaired) electrons. The molecule has 0 aliphatic carbocycles. The van der Waals surface area contributed by atoms with E-state index in [0.29, 0.717) is 0 Å². The lowest BCUT2D eigenvalue weighted by atomic mass is 10.1. The number of hydrogen-bond acceptors (Lipinski definition) is 5. The number of likely N-dealkylation sites (tertiary alicyclic amines) is 1. The van der Waals surface area contributed by atoms with E-state index in [-0.39, 0.29) is 24.3 Å². The van der Waals surface area contributed by atoms with Crippen molar-refractivity contribution >= 4 is 27.5 Å². The maximum atomic E-state index is 15.3. The van der Waals surface area contributed by atoms with E-state index >= 15 is 4.39 Å². The van der Waals surface area contributed by atoms with Crippen LogP contribution in [0.15, 0.2) is 59.6 Å². The van der Waals surface area contributed by atoms with Crippen molar-refractivity contribution in [2.75, 3.05) is 18.5 Å². The molecule has 12 heteroatoms. The van der Waals surface area contributed by atoms with Crippen molar-refractivity contribution in [2.45, 2.75) is 24.4 Å². The van der Waals surface area contributed by atoms with Gasteiger partial charge in [0.25, 0.3) is 5.91 Å². The van der Waals surface area contributed by atoms with Gasteiger partial charge in [-0.2, -0.15) is 4.72 Å². The van der Waals surface area contributed by atoms with Crippen LogP contribution in [0.5, 0.6) is 0 Å². The highest BCUT2D eigenvalue weighted by molar-refractivity contribution is 7.89. The third-order valence-electron chi connectivity index (χ3n) is 6.25. The number of carbonyl (C=O) groups excluding carboxylic acids is 2. The minimum absolute atomic E-state index is 0.111. The number of hydrogen-bond donors (Lipinski definition) is 3. The predicted octanol–water partition coefficient (Wildman–Crippen LogP) is 2.16. The van der Waals surface area contributed by atoms with Crippen LogP contribution in [0, 0.1) is 24.5 Å². The number of nitrogens with zero attached hydrogens (tertiary/aromatic N) is 2. The molecule has 37 heavy (non-hydrogen) atoms. The van der Waals surface area contributed by atoms with E-state index in [4.69, 9.17) is 0 Å². The lowest BCUT2D eigenvalue weighted by molar-refractivity contribution is -0.129. The van der Waals surface area contributed by atoms with E-state index in [2.05, 4.69) is 10.0 Å². The number of amides is 2. The third kappa shape index (κ3) is 5.41. The number of aromatic nitrogens is 1. The minimum atomic E-state index is -4.60. The first-order valence-corrected chi connectivity index (χ1v) is 12.9. The SMILES string of the molecule is Cc1cc(NC(=O)c2c(F)c(S(=O)(=O)NC3C(=O)N(Cc4ccccc4)CC3CO)cn2C)ccc1F. The highest BCUT2D eigenvalue weighted by Gasteiger charge is 2.43. The molecule has 1 saturated heterocycles. The maximum absolute atomic E-state index is 15.3. The second kappa shape index (κ2) is 10.4. The Labute approximate surface area is 212 Å². The normalized spacial score (nSPS) is 17.9. The molecule has 196 valence electrons. The number of aliphatic hydroxyl groups is 1. The predicted molar refractivity (Wildman–Crippen MR) is 131 cm³/mol. The van der Waals surface area contributed by atoms with Crippen LogP contribution in [0.4, 0.5) is 14.5 Å². The second-order valence-corrected chi connectivity index (χ2v) is 10.6. The summed E-state index contributed by atoms with van der Waals surface area (Å²) in [5, 5.41) is 12.2. The van der Waals surface area contributed by atoms with Crippen LogP contribution in [-0.4, -0.2) is 54.0 Å². The zero-order valence-corrected chi connectivity index (χ0v) is 20.9. The van der Waals surface area contributed by atoms with Crippen molar-refractivity contribution in [1.82, 2.24) is 14.2 Å². The number of carbonyl (C=O) groups is 2. The average molecular weight is 533 g/mol. The molecule has 3 N–H and O–H groups in total. The van der Waals surface area contributed by atoms with Gasteiger partial charge in [0.05, 0.1) is 0 Å². The van der Waals surface area contributed by atoms with Gasteiger partial charge in [-0.05, 0) is 36.2 Å².